The molecule has 5 nitrogen and oxygen atoms in total. The van der Waals surface area contributed by atoms with E-state index in [0.29, 0.717) is 13.0 Å². The summed E-state index contributed by atoms with van der Waals surface area (Å²) in [7, 11) is 1.37. The van der Waals surface area contributed by atoms with E-state index in [4.69, 9.17) is 9.47 Å². The fourth-order valence-corrected chi connectivity index (χ4v) is 3.75. The smallest absolute Gasteiger partial charge is 0.422 e. The molecule has 0 saturated carbocycles. The highest BCUT2D eigenvalue weighted by Crippen LogP contribution is 2.30. The fraction of sp³-hybridized carbons (Fsp3) is 0.458. The minimum Gasteiger partial charge on any atom is -0.493 e. The normalized spacial score (nSPS) is 14.4. The lowest BCUT2D eigenvalue weighted by Gasteiger charge is -2.17. The van der Waals surface area contributed by atoms with Crippen LogP contribution in [0, 0.1) is 0 Å². The number of rotatable bonds is 10. The van der Waals surface area contributed by atoms with Crippen molar-refractivity contribution in [3.8, 4) is 11.5 Å². The van der Waals surface area contributed by atoms with Gasteiger partial charge in [0, 0.05) is 19.5 Å². The second-order valence-corrected chi connectivity index (χ2v) is 7.92. The summed E-state index contributed by atoms with van der Waals surface area (Å²) in [5.41, 5.74) is 3.13. The average molecular weight is 451 g/mol. The monoisotopic (exact) mass is 450 g/mol. The van der Waals surface area contributed by atoms with Gasteiger partial charge >= 0.3 is 6.18 Å². The maximum atomic E-state index is 12.4. The average Bonchev–Trinajstić information content (AvgIpc) is 3.28. The third-order valence-corrected chi connectivity index (χ3v) is 5.45. The summed E-state index contributed by atoms with van der Waals surface area (Å²) in [6.07, 6.45) is -1.25. The van der Waals surface area contributed by atoms with Crippen molar-refractivity contribution in [1.82, 2.24) is 10.2 Å². The van der Waals surface area contributed by atoms with Crippen molar-refractivity contribution < 1.29 is 27.4 Å². The summed E-state index contributed by atoms with van der Waals surface area (Å²) < 4.78 is 47.0. The van der Waals surface area contributed by atoms with Crippen molar-refractivity contribution in [3.63, 3.8) is 0 Å². The highest BCUT2D eigenvalue weighted by molar-refractivity contribution is 5.76. The summed E-state index contributed by atoms with van der Waals surface area (Å²) >= 11 is 0. The number of carbonyl (C=O) groups excluding carboxylic acids is 1. The molecular weight excluding hydrogens is 421 g/mol. The molecular formula is C24H29F3N2O3. The molecule has 0 atom stereocenters. The number of halogens is 3. The number of hydrogen-bond donors (Lipinski definition) is 1. The van der Waals surface area contributed by atoms with E-state index >= 15 is 0 Å². The Morgan fingerprint density at radius 1 is 1.06 bits per heavy atom. The van der Waals surface area contributed by atoms with Crippen LogP contribution in [0.15, 0.2) is 42.5 Å². The Labute approximate surface area is 186 Å². The van der Waals surface area contributed by atoms with Crippen molar-refractivity contribution in [2.75, 3.05) is 26.8 Å². The Balaban J connectivity index is 1.50. The summed E-state index contributed by atoms with van der Waals surface area (Å²) in [6, 6.07) is 12.8. The molecule has 0 unspecified atom stereocenters. The lowest BCUT2D eigenvalue weighted by molar-refractivity contribution is -0.153. The first-order valence-corrected chi connectivity index (χ1v) is 10.8. The highest BCUT2D eigenvalue weighted by Gasteiger charge is 2.29. The molecule has 3 rings (SSSR count). The number of amides is 1. The third-order valence-electron chi connectivity index (χ3n) is 5.45. The Morgan fingerprint density at radius 3 is 2.47 bits per heavy atom. The van der Waals surface area contributed by atoms with Gasteiger partial charge in [0.15, 0.2) is 18.1 Å². The lowest BCUT2D eigenvalue weighted by Crippen LogP contribution is -2.25. The van der Waals surface area contributed by atoms with Crippen molar-refractivity contribution >= 4 is 5.91 Å². The number of nitrogens with zero attached hydrogens (tertiary/aromatic N) is 1. The zero-order valence-corrected chi connectivity index (χ0v) is 18.2. The zero-order valence-electron chi connectivity index (χ0n) is 18.2. The molecule has 0 aromatic heterocycles. The molecule has 1 fully saturated rings. The molecule has 32 heavy (non-hydrogen) atoms. The van der Waals surface area contributed by atoms with E-state index in [0.717, 1.165) is 30.8 Å². The number of aryl methyl sites for hydroxylation is 1. The molecule has 1 heterocycles. The van der Waals surface area contributed by atoms with Crippen LogP contribution in [0.4, 0.5) is 13.2 Å². The van der Waals surface area contributed by atoms with Gasteiger partial charge in [0.1, 0.15) is 0 Å². The molecule has 1 aliphatic heterocycles. The predicted octanol–water partition coefficient (Wildman–Crippen LogP) is 4.48. The Bertz CT molecular complexity index is 896. The van der Waals surface area contributed by atoms with Crippen LogP contribution in [0.5, 0.6) is 11.5 Å². The molecule has 0 spiro atoms. The van der Waals surface area contributed by atoms with Crippen molar-refractivity contribution in [2.45, 2.75) is 44.9 Å². The van der Waals surface area contributed by atoms with E-state index in [-0.39, 0.29) is 23.8 Å². The quantitative estimate of drug-likeness (QED) is 0.580. The van der Waals surface area contributed by atoms with E-state index in [1.807, 2.05) is 18.2 Å². The van der Waals surface area contributed by atoms with Crippen LogP contribution in [0.2, 0.25) is 0 Å². The number of alkyl halides is 3. The summed E-state index contributed by atoms with van der Waals surface area (Å²) in [6.45, 7) is 2.21. The van der Waals surface area contributed by atoms with Crippen molar-refractivity contribution in [3.05, 3.63) is 59.2 Å². The number of carbonyl (C=O) groups is 1. The Morgan fingerprint density at radius 2 is 1.78 bits per heavy atom. The number of ether oxygens (including phenoxy) is 2. The Kier molecular flexibility index (Phi) is 8.39. The highest BCUT2D eigenvalue weighted by atomic mass is 19.4. The standard InChI is InChI=1S/C24H29F3N2O3/c1-31-22-14-18(8-10-21(22)32-17-24(25,26)27)9-11-23(30)28-15-19-6-2-3-7-20(19)16-29-12-4-5-13-29/h2-3,6-8,10,14H,4-5,9,11-13,15-17H2,1H3,(H,28,30). The van der Waals surface area contributed by atoms with Gasteiger partial charge in [-0.25, -0.2) is 0 Å². The lowest BCUT2D eigenvalue weighted by atomic mass is 10.1. The largest absolute Gasteiger partial charge is 0.493 e. The summed E-state index contributed by atoms with van der Waals surface area (Å²) in [5, 5.41) is 2.97. The third kappa shape index (κ3) is 7.44. The van der Waals surface area contributed by atoms with Gasteiger partial charge in [-0.3, -0.25) is 9.69 Å². The molecule has 2 aromatic rings. The van der Waals surface area contributed by atoms with Crippen LogP contribution >= 0.6 is 0 Å². The van der Waals surface area contributed by atoms with Crippen LogP contribution in [0.1, 0.15) is 36.0 Å². The molecule has 1 aliphatic rings. The molecule has 1 amide bonds. The predicted molar refractivity (Wildman–Crippen MR) is 116 cm³/mol. The first kappa shape index (κ1) is 23.9. The van der Waals surface area contributed by atoms with Crippen molar-refractivity contribution in [1.29, 1.82) is 0 Å². The SMILES string of the molecule is COc1cc(CCC(=O)NCc2ccccc2CN2CCCC2)ccc1OCC(F)(F)F. The maximum absolute atomic E-state index is 12.4. The second kappa shape index (κ2) is 11.2. The van der Waals surface area contributed by atoms with Crippen LogP contribution in [-0.2, 0) is 24.3 Å². The van der Waals surface area contributed by atoms with Crippen LogP contribution < -0.4 is 14.8 Å². The molecule has 0 aliphatic carbocycles. The van der Waals surface area contributed by atoms with Crippen LogP contribution in [-0.4, -0.2) is 43.8 Å². The summed E-state index contributed by atoms with van der Waals surface area (Å²) in [5.74, 6) is 0.146. The number of benzene rings is 2. The topological polar surface area (TPSA) is 50.8 Å². The first-order chi connectivity index (χ1) is 15.3. The number of methoxy groups -OCH3 is 1. The molecule has 1 saturated heterocycles. The number of hydrogen-bond acceptors (Lipinski definition) is 4. The van der Waals surface area contributed by atoms with Gasteiger partial charge in [0.25, 0.3) is 0 Å². The summed E-state index contributed by atoms with van der Waals surface area (Å²) in [4.78, 5) is 14.8. The molecule has 174 valence electrons. The van der Waals surface area contributed by atoms with Gasteiger partial charge in [-0.05, 0) is 61.2 Å². The zero-order chi connectivity index (χ0) is 23.0. The first-order valence-electron chi connectivity index (χ1n) is 10.8. The van der Waals surface area contributed by atoms with E-state index in [9.17, 15) is 18.0 Å². The van der Waals surface area contributed by atoms with Crippen LogP contribution in [0.25, 0.3) is 0 Å². The van der Waals surface area contributed by atoms with Crippen LogP contribution in [0.3, 0.4) is 0 Å². The molecule has 2 aromatic carbocycles. The minimum atomic E-state index is -4.42. The maximum Gasteiger partial charge on any atom is 0.422 e. The molecule has 0 radical (unpaired) electrons. The van der Waals surface area contributed by atoms with E-state index in [1.54, 1.807) is 12.1 Å². The van der Waals surface area contributed by atoms with Gasteiger partial charge in [-0.1, -0.05) is 30.3 Å². The van der Waals surface area contributed by atoms with E-state index < -0.39 is 12.8 Å². The van der Waals surface area contributed by atoms with Gasteiger partial charge in [-0.2, -0.15) is 13.2 Å². The Hall–Kier alpha value is -2.74. The number of likely N-dealkylation sites (tertiary alicyclic amines) is 1. The minimum absolute atomic E-state index is 0.0210. The molecule has 0 bridgehead atoms. The second-order valence-electron chi connectivity index (χ2n) is 7.92. The van der Waals surface area contributed by atoms with Gasteiger partial charge in [0.2, 0.25) is 5.91 Å². The van der Waals surface area contributed by atoms with Gasteiger partial charge < -0.3 is 14.8 Å². The van der Waals surface area contributed by atoms with E-state index in [2.05, 4.69) is 16.3 Å². The van der Waals surface area contributed by atoms with E-state index in [1.165, 1.54) is 31.6 Å². The van der Waals surface area contributed by atoms with Crippen molar-refractivity contribution in [2.24, 2.45) is 0 Å². The molecule has 1 N–H and O–H groups in total. The molecule has 8 heteroatoms. The number of nitrogens with one attached hydrogen (secondary N) is 1. The van der Waals surface area contributed by atoms with Gasteiger partial charge in [0.05, 0.1) is 7.11 Å². The fourth-order valence-electron chi connectivity index (χ4n) is 3.75. The van der Waals surface area contributed by atoms with Gasteiger partial charge in [-0.15, -0.1) is 0 Å².